The minimum atomic E-state index is -0.773. The summed E-state index contributed by atoms with van der Waals surface area (Å²) < 4.78 is 4.47. The number of aryl methyl sites for hydroxylation is 1. The molecule has 0 unspecified atom stereocenters. The van der Waals surface area contributed by atoms with E-state index in [1.165, 1.54) is 7.11 Å². The van der Waals surface area contributed by atoms with Crippen molar-refractivity contribution < 1.29 is 9.53 Å². The van der Waals surface area contributed by atoms with E-state index < -0.39 is 11.5 Å². The minimum Gasteiger partial charge on any atom is -0.464 e. The lowest BCUT2D eigenvalue weighted by atomic mass is 10.2. The van der Waals surface area contributed by atoms with E-state index in [2.05, 4.69) is 14.7 Å². The topological polar surface area (TPSA) is 72.0 Å². The maximum absolute atomic E-state index is 11.6. The Morgan fingerprint density at radius 2 is 2.18 bits per heavy atom. The molecule has 1 aromatic heterocycles. The Morgan fingerprint density at radius 3 is 2.82 bits per heavy atom. The highest BCUT2D eigenvalue weighted by molar-refractivity contribution is 6.32. The van der Waals surface area contributed by atoms with Crippen LogP contribution in [0.1, 0.15) is 16.1 Å². The predicted octanol–water partition coefficient (Wildman–Crippen LogP) is 1.67. The van der Waals surface area contributed by atoms with Crippen LogP contribution in [0.4, 0.5) is 0 Å². The summed E-state index contributed by atoms with van der Waals surface area (Å²) in [5, 5.41) is 0.521. The number of carbonyl (C=O) groups is 1. The van der Waals surface area contributed by atoms with Crippen LogP contribution in [-0.4, -0.2) is 23.0 Å². The Labute approximate surface area is 101 Å². The molecule has 6 heteroatoms. The number of esters is 1. The first-order valence-electron chi connectivity index (χ1n) is 4.81. The zero-order valence-corrected chi connectivity index (χ0v) is 9.96. The molecule has 1 aromatic carbocycles. The Hall–Kier alpha value is -1.88. The molecule has 17 heavy (non-hydrogen) atoms. The van der Waals surface area contributed by atoms with Crippen molar-refractivity contribution in [1.82, 2.24) is 9.97 Å². The second-order valence-electron chi connectivity index (χ2n) is 3.52. The highest BCUT2D eigenvalue weighted by Gasteiger charge is 2.14. The summed E-state index contributed by atoms with van der Waals surface area (Å²) in [6, 6.07) is 3.29. The third-order valence-corrected chi connectivity index (χ3v) is 2.76. The second-order valence-corrected chi connectivity index (χ2v) is 3.93. The molecule has 0 aliphatic rings. The van der Waals surface area contributed by atoms with Crippen LogP contribution >= 0.6 is 11.6 Å². The van der Waals surface area contributed by atoms with Crippen LogP contribution in [0.15, 0.2) is 16.9 Å². The zero-order valence-electron chi connectivity index (χ0n) is 9.20. The molecule has 0 saturated carbocycles. The molecule has 2 rings (SSSR count). The van der Waals surface area contributed by atoms with Gasteiger partial charge in [-0.25, -0.2) is 9.78 Å². The predicted molar refractivity (Wildman–Crippen MR) is 63.5 cm³/mol. The SMILES string of the molecule is COC(=O)c1nc2cc(Cl)c(C)cc2[nH]c1=O. The Balaban J connectivity index is 2.76. The molecule has 0 amide bonds. The Kier molecular flexibility index (Phi) is 2.85. The van der Waals surface area contributed by atoms with Gasteiger partial charge >= 0.3 is 5.97 Å². The van der Waals surface area contributed by atoms with Gasteiger partial charge in [-0.05, 0) is 24.6 Å². The molecule has 0 aliphatic carbocycles. The number of rotatable bonds is 1. The first-order valence-corrected chi connectivity index (χ1v) is 5.19. The van der Waals surface area contributed by atoms with Crippen molar-refractivity contribution >= 4 is 28.6 Å². The third-order valence-electron chi connectivity index (χ3n) is 2.35. The fourth-order valence-electron chi connectivity index (χ4n) is 1.45. The molecule has 0 radical (unpaired) electrons. The number of aromatic nitrogens is 2. The number of carbonyl (C=O) groups excluding carboxylic acids is 1. The van der Waals surface area contributed by atoms with Gasteiger partial charge in [0.25, 0.3) is 5.56 Å². The second kappa shape index (κ2) is 4.18. The van der Waals surface area contributed by atoms with Gasteiger partial charge in [0, 0.05) is 5.02 Å². The van der Waals surface area contributed by atoms with E-state index in [0.29, 0.717) is 16.1 Å². The van der Waals surface area contributed by atoms with Crippen molar-refractivity contribution in [1.29, 1.82) is 0 Å². The monoisotopic (exact) mass is 252 g/mol. The van der Waals surface area contributed by atoms with Crippen molar-refractivity contribution in [2.45, 2.75) is 6.92 Å². The molecule has 0 spiro atoms. The molecular formula is C11H9ClN2O3. The van der Waals surface area contributed by atoms with Crippen LogP contribution in [0, 0.1) is 6.92 Å². The summed E-state index contributed by atoms with van der Waals surface area (Å²) in [7, 11) is 1.19. The number of halogens is 1. The molecule has 0 bridgehead atoms. The van der Waals surface area contributed by atoms with Crippen molar-refractivity contribution in [3.63, 3.8) is 0 Å². The average Bonchev–Trinajstić information content (AvgIpc) is 2.30. The van der Waals surface area contributed by atoms with Crippen molar-refractivity contribution in [3.05, 3.63) is 38.8 Å². The first-order chi connectivity index (χ1) is 8.02. The number of hydrogen-bond donors (Lipinski definition) is 1. The molecule has 1 heterocycles. The highest BCUT2D eigenvalue weighted by atomic mass is 35.5. The summed E-state index contributed by atoms with van der Waals surface area (Å²) in [4.78, 5) is 29.4. The summed E-state index contributed by atoms with van der Waals surface area (Å²) in [5.41, 5.74) is 0.943. The van der Waals surface area contributed by atoms with Crippen molar-refractivity contribution in [2.75, 3.05) is 7.11 Å². The van der Waals surface area contributed by atoms with Crippen LogP contribution < -0.4 is 5.56 Å². The number of nitrogens with zero attached hydrogens (tertiary/aromatic N) is 1. The van der Waals surface area contributed by atoms with Crippen LogP contribution in [0.2, 0.25) is 5.02 Å². The van der Waals surface area contributed by atoms with Gasteiger partial charge < -0.3 is 9.72 Å². The van der Waals surface area contributed by atoms with E-state index in [-0.39, 0.29) is 5.69 Å². The van der Waals surface area contributed by atoms with E-state index in [0.717, 1.165) is 5.56 Å². The normalized spacial score (nSPS) is 10.5. The fraction of sp³-hybridized carbons (Fsp3) is 0.182. The van der Waals surface area contributed by atoms with Gasteiger partial charge in [0.2, 0.25) is 5.69 Å². The Morgan fingerprint density at radius 1 is 1.47 bits per heavy atom. The lowest BCUT2D eigenvalue weighted by Gasteiger charge is -2.03. The zero-order chi connectivity index (χ0) is 12.6. The van der Waals surface area contributed by atoms with E-state index in [1.807, 2.05) is 6.92 Å². The maximum atomic E-state index is 11.6. The molecule has 0 fully saturated rings. The van der Waals surface area contributed by atoms with Gasteiger partial charge in [0.05, 0.1) is 18.1 Å². The molecule has 0 atom stereocenters. The number of ether oxygens (including phenoxy) is 1. The average molecular weight is 253 g/mol. The van der Waals surface area contributed by atoms with Gasteiger partial charge in [0.1, 0.15) is 0 Å². The molecule has 2 aromatic rings. The molecular weight excluding hydrogens is 244 g/mol. The van der Waals surface area contributed by atoms with E-state index in [4.69, 9.17) is 11.6 Å². The van der Waals surface area contributed by atoms with E-state index >= 15 is 0 Å². The van der Waals surface area contributed by atoms with Crippen LogP contribution in [0.25, 0.3) is 11.0 Å². The minimum absolute atomic E-state index is 0.278. The van der Waals surface area contributed by atoms with Gasteiger partial charge in [-0.3, -0.25) is 4.79 Å². The van der Waals surface area contributed by atoms with E-state index in [9.17, 15) is 9.59 Å². The van der Waals surface area contributed by atoms with Crippen LogP contribution in [0.3, 0.4) is 0 Å². The fourth-order valence-corrected chi connectivity index (χ4v) is 1.61. The number of nitrogens with one attached hydrogen (secondary N) is 1. The quantitative estimate of drug-likeness (QED) is 0.784. The summed E-state index contributed by atoms with van der Waals surface area (Å²) >= 11 is 5.95. The van der Waals surface area contributed by atoms with E-state index in [1.54, 1.807) is 12.1 Å². The largest absolute Gasteiger partial charge is 0.464 e. The summed E-state index contributed by atoms with van der Waals surface area (Å²) in [5.74, 6) is -0.773. The molecule has 0 saturated heterocycles. The van der Waals surface area contributed by atoms with Gasteiger partial charge in [0.15, 0.2) is 0 Å². The summed E-state index contributed by atoms with van der Waals surface area (Å²) in [6.45, 7) is 1.81. The van der Waals surface area contributed by atoms with Crippen molar-refractivity contribution in [3.8, 4) is 0 Å². The smallest absolute Gasteiger partial charge is 0.362 e. The maximum Gasteiger partial charge on any atom is 0.362 e. The first kappa shape index (κ1) is 11.6. The number of H-pyrrole nitrogens is 1. The highest BCUT2D eigenvalue weighted by Crippen LogP contribution is 2.20. The van der Waals surface area contributed by atoms with Crippen molar-refractivity contribution in [2.24, 2.45) is 0 Å². The lowest BCUT2D eigenvalue weighted by Crippen LogP contribution is -2.21. The Bertz CT molecular complexity index is 664. The molecule has 88 valence electrons. The molecule has 5 nitrogen and oxygen atoms in total. The summed E-state index contributed by atoms with van der Waals surface area (Å²) in [6.07, 6.45) is 0. The molecule has 1 N–H and O–H groups in total. The number of hydrogen-bond acceptors (Lipinski definition) is 4. The van der Waals surface area contributed by atoms with Crippen LogP contribution in [0.5, 0.6) is 0 Å². The number of benzene rings is 1. The van der Waals surface area contributed by atoms with Crippen LogP contribution in [-0.2, 0) is 4.74 Å². The van der Waals surface area contributed by atoms with Gasteiger partial charge in [-0.2, -0.15) is 0 Å². The van der Waals surface area contributed by atoms with Gasteiger partial charge in [-0.15, -0.1) is 0 Å². The number of methoxy groups -OCH3 is 1. The third kappa shape index (κ3) is 2.01. The number of aromatic amines is 1. The lowest BCUT2D eigenvalue weighted by molar-refractivity contribution is 0.0592. The standard InChI is InChI=1S/C11H9ClN2O3/c1-5-3-7-8(4-6(5)12)13-9(10(15)14-7)11(16)17-2/h3-4H,1-2H3,(H,14,15). The van der Waals surface area contributed by atoms with Gasteiger partial charge in [-0.1, -0.05) is 11.6 Å². The number of fused-ring (bicyclic) bond motifs is 1. The molecule has 0 aliphatic heterocycles.